The number of aryl methyl sites for hydroxylation is 1. The number of benzene rings is 6. The molecule has 3 aromatic heterocycles. The number of aromatic amines is 1. The maximum atomic E-state index is 13.4. The van der Waals surface area contributed by atoms with Crippen LogP contribution >= 0.6 is 104 Å². The predicted molar refractivity (Wildman–Crippen MR) is 448 cm³/mol. The van der Waals surface area contributed by atoms with Crippen molar-refractivity contribution < 1.29 is 80.1 Å². The number of carboxylic acid groups (broad SMARTS) is 3. The van der Waals surface area contributed by atoms with Crippen molar-refractivity contribution in [1.82, 2.24) is 51.4 Å². The number of hydrogen-bond acceptors (Lipinski definition) is 17. The van der Waals surface area contributed by atoms with Gasteiger partial charge in [-0.25, -0.2) is 36.2 Å². The Morgan fingerprint density at radius 1 is 0.564 bits per heavy atom. The van der Waals surface area contributed by atoms with Gasteiger partial charge in [0.1, 0.15) is 24.0 Å². The summed E-state index contributed by atoms with van der Waals surface area (Å²) < 4.78 is 50.6. The zero-order chi connectivity index (χ0) is 85.2. The number of halogens is 7. The normalized spacial score (nSPS) is 14.0. The SMILES string of the molecule is CN(C)NC(CC[C@H](NC(=O)c1c(Cl)cc2c(c1Cl)CCN(C(=O)c1ccc(Cl)cc1)C2)C(=O)O)=NS(C)(=O)=O.CS(=O)(=O)c1cccc(C[C@H](NC(=O)c2c(Cl)cc3c(c2Cl)CCN(C(=O)c2cccc4[nH]ccc24)C3)C(=O)O)c1.Cc1ccc(C(=O)N2CCc3c(cc(Cl)c(C(=O)N[C@@H](CNC(=O)c4cccs4)C(=O)O)c3Cl)C2)s1. The number of sulfone groups is 1. The van der Waals surface area contributed by atoms with E-state index in [-0.39, 0.29) is 114 Å². The average Bonchev–Trinajstić information content (AvgIpc) is 1.45. The molecule has 3 aliphatic rings. The first-order valence-corrected chi connectivity index (χ1v) is 43.5. The van der Waals surface area contributed by atoms with E-state index in [1.807, 2.05) is 31.2 Å². The Morgan fingerprint density at radius 3 is 1.55 bits per heavy atom. The number of aromatic nitrogens is 1. The van der Waals surface area contributed by atoms with Crippen LogP contribution in [-0.4, -0.2) is 193 Å². The molecule has 0 fully saturated rings. The van der Waals surface area contributed by atoms with E-state index >= 15 is 0 Å². The van der Waals surface area contributed by atoms with Crippen LogP contribution in [0.4, 0.5) is 0 Å². The summed E-state index contributed by atoms with van der Waals surface area (Å²) in [5.74, 6) is -7.14. The van der Waals surface area contributed by atoms with Gasteiger partial charge in [-0.1, -0.05) is 105 Å². The predicted octanol–water partition coefficient (Wildman–Crippen LogP) is 12.0. The molecule has 7 amide bonds. The Labute approximate surface area is 714 Å². The molecule has 616 valence electrons. The largest absolute Gasteiger partial charge is 0.480 e. The molecule has 9 N–H and O–H groups in total. The second-order valence-electron chi connectivity index (χ2n) is 27.4. The molecular weight excluding hydrogens is 1740 g/mol. The van der Waals surface area contributed by atoms with Gasteiger partial charge in [0.25, 0.3) is 51.4 Å². The van der Waals surface area contributed by atoms with Gasteiger partial charge in [0.15, 0.2) is 9.84 Å². The highest BCUT2D eigenvalue weighted by molar-refractivity contribution is 7.90. The van der Waals surface area contributed by atoms with E-state index in [2.05, 4.69) is 36.1 Å². The number of aliphatic carboxylic acids is 3. The summed E-state index contributed by atoms with van der Waals surface area (Å²) in [5, 5.41) is 43.7. The maximum absolute atomic E-state index is 13.4. The molecule has 6 aromatic carbocycles. The molecule has 0 saturated carbocycles. The molecule has 0 bridgehead atoms. The summed E-state index contributed by atoms with van der Waals surface area (Å²) in [6.45, 7) is 3.49. The van der Waals surface area contributed by atoms with E-state index in [1.54, 1.807) is 113 Å². The number of amidine groups is 1. The van der Waals surface area contributed by atoms with E-state index < -0.39 is 79.5 Å². The molecule has 0 unspecified atom stereocenters. The van der Waals surface area contributed by atoms with Crippen molar-refractivity contribution in [2.45, 2.75) is 88.1 Å². The third-order valence-electron chi connectivity index (χ3n) is 18.7. The van der Waals surface area contributed by atoms with E-state index in [0.29, 0.717) is 105 Å². The fraction of sp³-hybridized carbons (Fsp3) is 0.269. The molecule has 3 aliphatic heterocycles. The summed E-state index contributed by atoms with van der Waals surface area (Å²) in [6.07, 6.45) is 4.48. The van der Waals surface area contributed by atoms with Gasteiger partial charge in [-0.05, 0) is 168 Å². The Kier molecular flexibility index (Phi) is 29.7. The average molecular weight is 1810 g/mol. The monoisotopic (exact) mass is 1810 g/mol. The molecule has 0 spiro atoms. The maximum Gasteiger partial charge on any atom is 0.328 e. The van der Waals surface area contributed by atoms with Crippen LogP contribution in [0.15, 0.2) is 136 Å². The third kappa shape index (κ3) is 22.6. The lowest BCUT2D eigenvalue weighted by molar-refractivity contribution is -0.140. The van der Waals surface area contributed by atoms with Crippen molar-refractivity contribution >= 4 is 200 Å². The standard InChI is InChI=1S/C29H25Cl2N3O6S.C25H28Cl3N5O6S.C24H21Cl2N3O5S2/c1-41(39,40)18-5-2-4-16(12-18)13-24(29(37)38)33-27(35)25-22(30)14-17-15-34(11-9-19(17)26(25)31)28(36)21-6-3-7-23-20(21)8-10-32-23;1-32(2)30-20(31-40(3,38)39)9-8-19(25(36)37)29-23(34)21-18(27)12-15-13-33(11-10-17(15)22(21)28)24(35)14-4-6-16(26)7-5-14;1-12-4-5-18(36-12)23(32)29-7-6-14-13(11-29)9-15(25)19(20(14)26)22(31)28-16(24(33)34)10-27-21(30)17-3-2-8-35-17/h2-8,10,12,14,24,32H,9,11,13,15H2,1H3,(H,33,35)(H,37,38);4-7,12,19H,8-11,13H2,1-3H3,(H,29,34)(H,30,31)(H,36,37);2-5,8-9,16H,6-7,10-11H2,1H3,(H,27,30)(H,28,31)(H,33,34)/t24-;19-;16-/m000/s1. The Morgan fingerprint density at radius 2 is 1.07 bits per heavy atom. The summed E-state index contributed by atoms with van der Waals surface area (Å²) in [6, 6.07) is 27.3. The molecule has 0 aliphatic carbocycles. The lowest BCUT2D eigenvalue weighted by atomic mass is 9.95. The number of carboxylic acids is 3. The lowest BCUT2D eigenvalue weighted by Crippen LogP contribution is -2.48. The number of carbonyl (C=O) groups excluding carboxylic acids is 7. The molecule has 28 nitrogen and oxygen atoms in total. The fourth-order valence-corrected chi connectivity index (χ4v) is 18.2. The molecule has 0 saturated heterocycles. The molecule has 12 rings (SSSR count). The molecule has 6 heterocycles. The summed E-state index contributed by atoms with van der Waals surface area (Å²) >= 11 is 47.7. The van der Waals surface area contributed by atoms with Crippen LogP contribution in [0.1, 0.15) is 128 Å². The molecule has 3 atom stereocenters. The van der Waals surface area contributed by atoms with Gasteiger partial charge in [0.2, 0.25) is 0 Å². The second kappa shape index (κ2) is 38.8. The number of fused-ring (bicyclic) bond motifs is 4. The van der Waals surface area contributed by atoms with Crippen LogP contribution in [-0.2, 0) is 79.6 Å². The minimum atomic E-state index is -3.75. The van der Waals surface area contributed by atoms with Crippen molar-refractivity contribution in [3.05, 3.63) is 243 Å². The highest BCUT2D eigenvalue weighted by Gasteiger charge is 2.35. The minimum Gasteiger partial charge on any atom is -0.480 e. The highest BCUT2D eigenvalue weighted by Crippen LogP contribution is 2.39. The first-order chi connectivity index (χ1) is 55.2. The quantitative estimate of drug-likeness (QED) is 0.0163. The van der Waals surface area contributed by atoms with Crippen molar-refractivity contribution in [2.24, 2.45) is 4.40 Å². The van der Waals surface area contributed by atoms with Gasteiger partial charge in [0.05, 0.1) is 67.7 Å². The zero-order valence-corrected chi connectivity index (χ0v) is 71.2. The first kappa shape index (κ1) is 89.7. The topological polar surface area (TPSA) is 401 Å². The van der Waals surface area contributed by atoms with Crippen LogP contribution in [0.25, 0.3) is 10.9 Å². The van der Waals surface area contributed by atoms with Gasteiger partial charge >= 0.3 is 17.9 Å². The summed E-state index contributed by atoms with van der Waals surface area (Å²) in [5.41, 5.74) is 8.96. The number of rotatable bonds is 23. The lowest BCUT2D eigenvalue weighted by Gasteiger charge is -2.30. The number of nitrogens with one attached hydrogen (secondary N) is 6. The van der Waals surface area contributed by atoms with Crippen molar-refractivity contribution in [3.8, 4) is 0 Å². The van der Waals surface area contributed by atoms with Crippen molar-refractivity contribution in [2.75, 3.05) is 52.8 Å². The first-order valence-electron chi connectivity index (χ1n) is 35.4. The number of hydrogen-bond donors (Lipinski definition) is 9. The Hall–Kier alpha value is -9.68. The van der Waals surface area contributed by atoms with E-state index in [4.69, 9.17) is 81.2 Å². The van der Waals surface area contributed by atoms with Crippen molar-refractivity contribution in [3.63, 3.8) is 0 Å². The number of H-pyrrole nitrogens is 1. The van der Waals surface area contributed by atoms with E-state index in [9.17, 15) is 80.1 Å². The Bertz CT molecular complexity index is 5690. The van der Waals surface area contributed by atoms with Crippen LogP contribution in [0, 0.1) is 6.92 Å². The van der Waals surface area contributed by atoms with E-state index in [1.165, 1.54) is 45.9 Å². The highest BCUT2D eigenvalue weighted by atomic mass is 35.5. The van der Waals surface area contributed by atoms with Crippen LogP contribution < -0.4 is 26.7 Å². The van der Waals surface area contributed by atoms with Gasteiger partial charge < -0.3 is 61.7 Å². The number of nitrogens with zero attached hydrogens (tertiary/aromatic N) is 5. The summed E-state index contributed by atoms with van der Waals surface area (Å²) in [4.78, 5) is 137. The van der Waals surface area contributed by atoms with Crippen LogP contribution in [0.3, 0.4) is 0 Å². The second-order valence-corrected chi connectivity index (χ2v) is 36.1. The van der Waals surface area contributed by atoms with Crippen molar-refractivity contribution in [1.29, 1.82) is 0 Å². The number of sulfonamides is 1. The number of thiophene rings is 2. The molecule has 39 heteroatoms. The van der Waals surface area contributed by atoms with Gasteiger partial charge in [0, 0.05) is 117 Å². The smallest absolute Gasteiger partial charge is 0.328 e. The van der Waals surface area contributed by atoms with Crippen LogP contribution in [0.5, 0.6) is 0 Å². The van der Waals surface area contributed by atoms with E-state index in [0.717, 1.165) is 33.9 Å². The zero-order valence-electron chi connectivity index (χ0n) is 62.6. The Balaban J connectivity index is 0.000000185. The molecule has 0 radical (unpaired) electrons. The molecule has 117 heavy (non-hydrogen) atoms. The number of hydrazine groups is 1. The number of amides is 7. The summed E-state index contributed by atoms with van der Waals surface area (Å²) in [7, 11) is -4.02. The fourth-order valence-electron chi connectivity index (χ4n) is 13.1. The van der Waals surface area contributed by atoms with Crippen LogP contribution in [0.2, 0.25) is 35.2 Å². The third-order valence-corrected chi connectivity index (χ3v) is 24.6. The number of carbonyl (C=O) groups is 10. The van der Waals surface area contributed by atoms with Gasteiger partial charge in [-0.2, -0.15) is 0 Å². The van der Waals surface area contributed by atoms with Gasteiger partial charge in [-0.15, -0.1) is 27.1 Å². The van der Waals surface area contributed by atoms with Gasteiger partial charge in [-0.3, -0.25) is 33.6 Å². The minimum absolute atomic E-state index is 0.000201. The molecule has 9 aromatic rings. The molecular formula is C78H74Cl7N11O17S4.